The largest absolute Gasteiger partial charge is 0.781 e. The van der Waals surface area contributed by atoms with Gasteiger partial charge in [-0.25, -0.2) is 0 Å². The molecule has 0 aromatic heterocycles. The van der Waals surface area contributed by atoms with E-state index in [-0.39, 0.29) is 6.19 Å². The van der Waals surface area contributed by atoms with Gasteiger partial charge in [-0.2, -0.15) is 0 Å². The Morgan fingerprint density at radius 1 is 1.83 bits per heavy atom. The molecule has 1 unspecified atom stereocenters. The van der Waals surface area contributed by atoms with E-state index in [1.54, 1.807) is 0 Å². The predicted molar refractivity (Wildman–Crippen MR) is 21.4 cm³/mol. The van der Waals surface area contributed by atoms with Crippen molar-refractivity contribution in [3.8, 4) is 0 Å². The molecular weight excluding hydrogens is 103 g/mol. The summed E-state index contributed by atoms with van der Waals surface area (Å²) in [5.74, 6) is 0. The summed E-state index contributed by atoms with van der Waals surface area (Å²) in [5.41, 5.74) is 0. The lowest BCUT2D eigenvalue weighted by atomic mass is 10.2. The molecule has 0 spiro atoms. The Balaban J connectivity index is 3.05. The highest BCUT2D eigenvalue weighted by atomic mass is 32.2. The summed E-state index contributed by atoms with van der Waals surface area (Å²) < 4.78 is 18.6. The molecule has 0 fully saturated rings. The summed E-state index contributed by atoms with van der Waals surface area (Å²) in [6, 6.07) is 0. The van der Waals surface area contributed by atoms with Gasteiger partial charge >= 0.3 is 0 Å². The number of rotatable bonds is 2. The molecule has 5 heteroatoms. The average Bonchev–Trinajstić information content (AvgIpc) is 1.35. The van der Waals surface area contributed by atoms with Gasteiger partial charge in [-0.05, 0) is 0 Å². The van der Waals surface area contributed by atoms with Crippen LogP contribution in [0.1, 0.15) is 0 Å². The van der Waals surface area contributed by atoms with Crippen molar-refractivity contribution < 1.29 is 13.6 Å². The van der Waals surface area contributed by atoms with E-state index in [2.05, 4.69) is 0 Å². The van der Waals surface area contributed by atoms with Crippen LogP contribution in [-0.2, 0) is 15.7 Å². The summed E-state index contributed by atoms with van der Waals surface area (Å²) >= 11 is 0. The maximum atomic E-state index is 9.31. The van der Waals surface area contributed by atoms with Crippen molar-refractivity contribution in [3.05, 3.63) is 0 Å². The summed E-state index contributed by atoms with van der Waals surface area (Å²) in [4.78, 5) is 9.17. The van der Waals surface area contributed by atoms with Crippen LogP contribution >= 0.6 is 0 Å². The van der Waals surface area contributed by atoms with Crippen molar-refractivity contribution in [1.29, 1.82) is 0 Å². The molecule has 0 saturated carbocycles. The minimum absolute atomic E-state index is 0.211. The molecule has 0 N–H and O–H groups in total. The number of hydrogen-bond donors (Lipinski definition) is 0. The first-order chi connectivity index (χ1) is 2.77. The lowest BCUT2D eigenvalue weighted by Crippen LogP contribution is -1.99. The van der Waals surface area contributed by atoms with Crippen LogP contribution in [-0.4, -0.2) is 21.5 Å². The Bertz CT molecular complexity index is 71.2. The van der Waals surface area contributed by atoms with Gasteiger partial charge in [-0.15, -0.1) is 0 Å². The number of carbonyl (C=O) groups is 1. The molecule has 0 heterocycles. The van der Waals surface area contributed by atoms with Gasteiger partial charge in [0.05, 0.1) is 6.19 Å². The van der Waals surface area contributed by atoms with E-state index in [1.165, 1.54) is 0 Å². The molecule has 6 heavy (non-hydrogen) atoms. The van der Waals surface area contributed by atoms with Crippen molar-refractivity contribution >= 4 is 23.7 Å². The van der Waals surface area contributed by atoms with E-state index in [4.69, 9.17) is 4.79 Å². The third-order valence-electron chi connectivity index (χ3n) is 0.167. The summed E-state index contributed by atoms with van der Waals surface area (Å²) in [5, 5.41) is 0. The molecule has 0 aromatic rings. The zero-order valence-corrected chi connectivity index (χ0v) is 3.60. The maximum Gasteiger partial charge on any atom is 0.299 e. The summed E-state index contributed by atoms with van der Waals surface area (Å²) in [7, 11) is -2.31. The maximum absolute atomic E-state index is 9.31. The monoisotopic (exact) mass is 104 g/mol. The number of carbonyl (C=O) groups excluding carboxylic acids is 1. The summed E-state index contributed by atoms with van der Waals surface area (Å²) in [6.45, 7) is 0.528. The average molecular weight is 104 g/mol. The first kappa shape index (κ1) is 5.84. The van der Waals surface area contributed by atoms with Crippen LogP contribution in [0.25, 0.3) is 0 Å². The Kier molecular flexibility index (Phi) is 2.97. The lowest BCUT2D eigenvalue weighted by Gasteiger charge is -1.91. The Morgan fingerprint density at radius 3 is 2.33 bits per heavy atom. The van der Waals surface area contributed by atoms with Crippen LogP contribution in [0.5, 0.6) is 0 Å². The zero-order valence-electron chi connectivity index (χ0n) is 2.79. The quantitative estimate of drug-likeness (QED) is 0.248. The highest BCUT2D eigenvalue weighted by Crippen LogP contribution is 1.56. The van der Waals surface area contributed by atoms with Crippen molar-refractivity contribution in [2.24, 2.45) is 0 Å². The van der Waals surface area contributed by atoms with Crippen molar-refractivity contribution in [2.45, 2.75) is 0 Å². The van der Waals surface area contributed by atoms with Crippen LogP contribution < -0.4 is 0 Å². The molecule has 1 atom stereocenters. The fourth-order valence-corrected chi connectivity index (χ4v) is 0.136. The molecule has 0 aromatic carbocycles. The molecule has 1 radical (unpaired) electrons. The fraction of sp³-hybridized carbons (Fsp3) is 0. The van der Waals surface area contributed by atoms with Gasteiger partial charge in [-0.3, -0.25) is 4.21 Å². The van der Waals surface area contributed by atoms with Gasteiger partial charge in [-0.1, -0.05) is 10.9 Å². The Morgan fingerprint density at radius 2 is 2.33 bits per heavy atom. The predicted octanol–water partition coefficient (Wildman–Crippen LogP) is -1.33. The van der Waals surface area contributed by atoms with E-state index in [0.29, 0.717) is 6.56 Å². The van der Waals surface area contributed by atoms with Crippen molar-refractivity contribution in [2.75, 3.05) is 0 Å². The van der Waals surface area contributed by atoms with E-state index in [0.717, 1.165) is 0 Å². The first-order valence-electron chi connectivity index (χ1n) is 1.14. The minimum atomic E-state index is -2.31. The highest BCUT2D eigenvalue weighted by molar-refractivity contribution is 8.07. The second-order valence-electron chi connectivity index (χ2n) is 0.533. The molecule has 0 aliphatic heterocycles. The molecular formula is CHBO3S-. The van der Waals surface area contributed by atoms with Crippen LogP contribution in [0, 0.1) is 0 Å². The SMILES string of the molecule is O=C[B]S(=O)[O-]. The van der Waals surface area contributed by atoms with Crippen LogP contribution in [0.15, 0.2) is 0 Å². The van der Waals surface area contributed by atoms with Gasteiger partial charge in [0.1, 0.15) is 0 Å². The second-order valence-corrected chi connectivity index (χ2v) is 1.33. The van der Waals surface area contributed by atoms with Crippen LogP contribution in [0.4, 0.5) is 0 Å². The minimum Gasteiger partial charge on any atom is -0.781 e. The third-order valence-corrected chi connectivity index (χ3v) is 0.500. The van der Waals surface area contributed by atoms with Crippen molar-refractivity contribution in [1.82, 2.24) is 0 Å². The van der Waals surface area contributed by atoms with Gasteiger partial charge in [0.15, 0.2) is 0 Å². The van der Waals surface area contributed by atoms with Gasteiger partial charge in [0.2, 0.25) is 0 Å². The van der Waals surface area contributed by atoms with E-state index in [1.807, 2.05) is 0 Å². The molecule has 3 nitrogen and oxygen atoms in total. The van der Waals surface area contributed by atoms with Gasteiger partial charge < -0.3 is 9.35 Å². The topological polar surface area (TPSA) is 57.2 Å². The molecule has 0 aliphatic carbocycles. The fourth-order valence-electron chi connectivity index (χ4n) is 0.0454. The van der Waals surface area contributed by atoms with E-state index < -0.39 is 10.9 Å². The molecule has 0 amide bonds. The molecule has 0 aliphatic rings. The number of hydrogen-bond acceptors (Lipinski definition) is 3. The molecule has 0 saturated heterocycles. The first-order valence-corrected chi connectivity index (χ1v) is 2.28. The second kappa shape index (κ2) is 3.05. The van der Waals surface area contributed by atoms with Gasteiger partial charge in [0.25, 0.3) is 6.56 Å². The molecule has 0 bridgehead atoms. The Labute approximate surface area is 38.2 Å². The molecule has 33 valence electrons. The highest BCUT2D eigenvalue weighted by Gasteiger charge is 1.79. The lowest BCUT2D eigenvalue weighted by molar-refractivity contribution is 0.550. The summed E-state index contributed by atoms with van der Waals surface area (Å²) in [6.07, 6.45) is 0.211. The smallest absolute Gasteiger partial charge is 0.299 e. The van der Waals surface area contributed by atoms with Crippen molar-refractivity contribution in [3.63, 3.8) is 0 Å². The Hall–Kier alpha value is -0.155. The van der Waals surface area contributed by atoms with Crippen LogP contribution in [0.3, 0.4) is 0 Å². The van der Waals surface area contributed by atoms with Gasteiger partial charge in [0, 0.05) is 0 Å². The molecule has 0 rings (SSSR count). The third kappa shape index (κ3) is 3.84. The standard InChI is InChI=1S/CH2BO3S/c3-1-2-6(4)5/h1H,(H,4,5)/p-1. The van der Waals surface area contributed by atoms with E-state index >= 15 is 0 Å². The normalized spacial score (nSPS) is 12.8. The van der Waals surface area contributed by atoms with Crippen LogP contribution in [0.2, 0.25) is 0 Å². The zero-order chi connectivity index (χ0) is 4.99. The van der Waals surface area contributed by atoms with E-state index in [9.17, 15) is 8.76 Å².